The van der Waals surface area contributed by atoms with Gasteiger partial charge in [0.15, 0.2) is 9.84 Å². The van der Waals surface area contributed by atoms with Gasteiger partial charge in [0.05, 0.1) is 18.1 Å². The molecule has 2 amide bonds. The summed E-state index contributed by atoms with van der Waals surface area (Å²) in [6.45, 7) is 2.58. The molecular weight excluding hydrogens is 294 g/mol. The Morgan fingerprint density at radius 3 is 2.19 bits per heavy atom. The van der Waals surface area contributed by atoms with Gasteiger partial charge in [-0.05, 0) is 20.5 Å². The fourth-order valence-corrected chi connectivity index (χ4v) is 4.00. The summed E-state index contributed by atoms with van der Waals surface area (Å²) >= 11 is 0. The van der Waals surface area contributed by atoms with Crippen LogP contribution in [0.1, 0.15) is 13.3 Å². The van der Waals surface area contributed by atoms with Gasteiger partial charge in [0.25, 0.3) is 0 Å². The highest BCUT2D eigenvalue weighted by Gasteiger charge is 2.33. The summed E-state index contributed by atoms with van der Waals surface area (Å²) in [4.78, 5) is 28.7. The van der Waals surface area contributed by atoms with Gasteiger partial charge in [-0.3, -0.25) is 9.59 Å². The smallest absolute Gasteiger partial charge is 0.242 e. The quantitative estimate of drug-likeness (QED) is 0.630. The van der Waals surface area contributed by atoms with Crippen LogP contribution in [-0.2, 0) is 19.4 Å². The molecule has 7 nitrogen and oxygen atoms in total. The molecule has 122 valence electrons. The minimum Gasteiger partial charge on any atom is -0.340 e. The maximum atomic E-state index is 12.2. The first-order valence-corrected chi connectivity index (χ1v) is 8.81. The standard InChI is InChI=1S/C13H25N3O4S/c1-11(17)16(7-6-14(2)3)9-13(18)15(4)12-5-8-21(19,20)10-12/h12H,5-10H2,1-4H3. The van der Waals surface area contributed by atoms with E-state index in [1.165, 1.54) is 16.7 Å². The number of nitrogens with zero attached hydrogens (tertiary/aromatic N) is 3. The highest BCUT2D eigenvalue weighted by molar-refractivity contribution is 7.91. The molecule has 1 atom stereocenters. The molecule has 1 aliphatic heterocycles. The Bertz CT molecular complexity index is 490. The van der Waals surface area contributed by atoms with Crippen LogP contribution in [-0.4, -0.2) is 93.3 Å². The molecule has 0 bridgehead atoms. The molecule has 1 fully saturated rings. The molecule has 0 aromatic carbocycles. The lowest BCUT2D eigenvalue weighted by Crippen LogP contribution is -2.46. The number of amides is 2. The van der Waals surface area contributed by atoms with E-state index in [0.29, 0.717) is 19.5 Å². The summed E-state index contributed by atoms with van der Waals surface area (Å²) in [6.07, 6.45) is 0.475. The van der Waals surface area contributed by atoms with Crippen molar-refractivity contribution in [3.05, 3.63) is 0 Å². The van der Waals surface area contributed by atoms with Crippen molar-refractivity contribution in [2.24, 2.45) is 0 Å². The van der Waals surface area contributed by atoms with Crippen molar-refractivity contribution < 1.29 is 18.0 Å². The Morgan fingerprint density at radius 1 is 1.14 bits per heavy atom. The molecule has 0 spiro atoms. The number of hydrogen-bond donors (Lipinski definition) is 0. The van der Waals surface area contributed by atoms with Crippen LogP contribution in [0.3, 0.4) is 0 Å². The zero-order chi connectivity index (χ0) is 16.2. The van der Waals surface area contributed by atoms with Gasteiger partial charge in [0.2, 0.25) is 11.8 Å². The van der Waals surface area contributed by atoms with Crippen LogP contribution in [0.25, 0.3) is 0 Å². The maximum absolute atomic E-state index is 12.2. The highest BCUT2D eigenvalue weighted by Crippen LogP contribution is 2.16. The maximum Gasteiger partial charge on any atom is 0.242 e. The Kier molecular flexibility index (Phi) is 6.15. The second kappa shape index (κ2) is 7.22. The van der Waals surface area contributed by atoms with Crippen molar-refractivity contribution in [2.75, 3.05) is 52.3 Å². The fourth-order valence-electron chi connectivity index (χ4n) is 2.23. The molecule has 1 rings (SSSR count). The van der Waals surface area contributed by atoms with E-state index in [4.69, 9.17) is 0 Å². The summed E-state index contributed by atoms with van der Waals surface area (Å²) < 4.78 is 22.9. The summed E-state index contributed by atoms with van der Waals surface area (Å²) in [6, 6.07) is -0.273. The second-order valence-electron chi connectivity index (χ2n) is 5.81. The molecule has 21 heavy (non-hydrogen) atoms. The predicted octanol–water partition coefficient (Wildman–Crippen LogP) is -0.958. The van der Waals surface area contributed by atoms with Gasteiger partial charge in [-0.25, -0.2) is 8.42 Å². The first-order valence-electron chi connectivity index (χ1n) is 6.98. The third-order valence-electron chi connectivity index (χ3n) is 3.74. The highest BCUT2D eigenvalue weighted by atomic mass is 32.2. The lowest BCUT2D eigenvalue weighted by Gasteiger charge is -2.28. The normalized spacial score (nSPS) is 20.5. The van der Waals surface area contributed by atoms with Crippen molar-refractivity contribution in [1.29, 1.82) is 0 Å². The van der Waals surface area contributed by atoms with E-state index < -0.39 is 9.84 Å². The summed E-state index contributed by atoms with van der Waals surface area (Å²) in [5.74, 6) is -0.219. The van der Waals surface area contributed by atoms with E-state index in [1.54, 1.807) is 7.05 Å². The van der Waals surface area contributed by atoms with E-state index >= 15 is 0 Å². The van der Waals surface area contributed by atoms with E-state index in [0.717, 1.165) is 0 Å². The van der Waals surface area contributed by atoms with Gasteiger partial charge in [0.1, 0.15) is 0 Å². The Labute approximate surface area is 126 Å². The lowest BCUT2D eigenvalue weighted by molar-refractivity contribution is -0.139. The van der Waals surface area contributed by atoms with E-state index in [9.17, 15) is 18.0 Å². The number of carbonyl (C=O) groups is 2. The van der Waals surface area contributed by atoms with Crippen LogP contribution in [0.5, 0.6) is 0 Å². The van der Waals surface area contributed by atoms with Gasteiger partial charge in [0, 0.05) is 33.1 Å². The van der Waals surface area contributed by atoms with E-state index in [1.807, 2.05) is 19.0 Å². The second-order valence-corrected chi connectivity index (χ2v) is 8.03. The third-order valence-corrected chi connectivity index (χ3v) is 5.49. The number of rotatable bonds is 6. The number of sulfone groups is 1. The number of hydrogen-bond acceptors (Lipinski definition) is 5. The predicted molar refractivity (Wildman–Crippen MR) is 80.6 cm³/mol. The first-order chi connectivity index (χ1) is 9.62. The molecule has 0 radical (unpaired) electrons. The van der Waals surface area contributed by atoms with Crippen LogP contribution in [0, 0.1) is 0 Å². The van der Waals surface area contributed by atoms with Gasteiger partial charge < -0.3 is 14.7 Å². The average molecular weight is 319 g/mol. The van der Waals surface area contributed by atoms with Crippen molar-refractivity contribution in [3.63, 3.8) is 0 Å². The summed E-state index contributed by atoms with van der Waals surface area (Å²) in [7, 11) is 2.38. The third kappa shape index (κ3) is 5.62. The van der Waals surface area contributed by atoms with Gasteiger partial charge in [-0.1, -0.05) is 0 Å². The molecule has 8 heteroatoms. The molecule has 1 saturated heterocycles. The van der Waals surface area contributed by atoms with Gasteiger partial charge in [-0.2, -0.15) is 0 Å². The lowest BCUT2D eigenvalue weighted by atomic mass is 10.2. The van der Waals surface area contributed by atoms with Crippen LogP contribution in [0.2, 0.25) is 0 Å². The fraction of sp³-hybridized carbons (Fsp3) is 0.846. The summed E-state index contributed by atoms with van der Waals surface area (Å²) in [5, 5.41) is 0. The Balaban J connectivity index is 2.58. The molecule has 1 aliphatic rings. The van der Waals surface area contributed by atoms with Crippen LogP contribution in [0.4, 0.5) is 0 Å². The van der Waals surface area contributed by atoms with Gasteiger partial charge >= 0.3 is 0 Å². The monoisotopic (exact) mass is 319 g/mol. The molecule has 0 N–H and O–H groups in total. The van der Waals surface area contributed by atoms with Gasteiger partial charge in [-0.15, -0.1) is 0 Å². The van der Waals surface area contributed by atoms with Crippen molar-refractivity contribution in [2.45, 2.75) is 19.4 Å². The first kappa shape index (κ1) is 17.9. The Hall–Kier alpha value is -1.15. The molecule has 1 heterocycles. The molecule has 0 aromatic rings. The SMILES string of the molecule is CC(=O)N(CCN(C)C)CC(=O)N(C)C1CCS(=O)(=O)C1. The zero-order valence-corrected chi connectivity index (χ0v) is 14.0. The minimum absolute atomic E-state index is 0.00375. The topological polar surface area (TPSA) is 78.0 Å². The molecule has 0 saturated carbocycles. The number of likely N-dealkylation sites (N-methyl/N-ethyl adjacent to an activating group) is 2. The average Bonchev–Trinajstić information content (AvgIpc) is 2.73. The van der Waals surface area contributed by atoms with Crippen molar-refractivity contribution >= 4 is 21.7 Å². The molecular formula is C13H25N3O4S. The van der Waals surface area contributed by atoms with Crippen LogP contribution < -0.4 is 0 Å². The minimum atomic E-state index is -3.02. The summed E-state index contributed by atoms with van der Waals surface area (Å²) in [5.41, 5.74) is 0. The number of carbonyl (C=O) groups excluding carboxylic acids is 2. The zero-order valence-electron chi connectivity index (χ0n) is 13.2. The van der Waals surface area contributed by atoms with Crippen molar-refractivity contribution in [1.82, 2.24) is 14.7 Å². The van der Waals surface area contributed by atoms with Crippen LogP contribution in [0.15, 0.2) is 0 Å². The van der Waals surface area contributed by atoms with Crippen LogP contribution >= 0.6 is 0 Å². The molecule has 1 unspecified atom stereocenters. The molecule has 0 aromatic heterocycles. The Morgan fingerprint density at radius 2 is 1.76 bits per heavy atom. The van der Waals surface area contributed by atoms with Crippen molar-refractivity contribution in [3.8, 4) is 0 Å². The largest absolute Gasteiger partial charge is 0.340 e. The van der Waals surface area contributed by atoms with E-state index in [2.05, 4.69) is 0 Å². The molecule has 0 aliphatic carbocycles. The van der Waals surface area contributed by atoms with E-state index in [-0.39, 0.29) is 35.9 Å².